The van der Waals surface area contributed by atoms with E-state index in [4.69, 9.17) is 9.26 Å². The molecule has 29 heavy (non-hydrogen) atoms. The second kappa shape index (κ2) is 7.59. The van der Waals surface area contributed by atoms with Crippen LogP contribution in [0.3, 0.4) is 0 Å². The lowest BCUT2D eigenvalue weighted by Crippen LogP contribution is -2.15. The van der Waals surface area contributed by atoms with Crippen molar-refractivity contribution in [2.45, 2.75) is 52.5 Å². The largest absolute Gasteiger partial charge is 0.383 e. The van der Waals surface area contributed by atoms with Crippen LogP contribution in [0, 0.1) is 5.41 Å². The van der Waals surface area contributed by atoms with Gasteiger partial charge in [0.2, 0.25) is 0 Å². The van der Waals surface area contributed by atoms with Crippen LogP contribution in [0.1, 0.15) is 61.3 Å². The van der Waals surface area contributed by atoms with Gasteiger partial charge < -0.3 is 14.6 Å². The van der Waals surface area contributed by atoms with Crippen molar-refractivity contribution in [1.82, 2.24) is 19.9 Å². The van der Waals surface area contributed by atoms with E-state index in [0.717, 1.165) is 24.2 Å². The summed E-state index contributed by atoms with van der Waals surface area (Å²) in [6, 6.07) is 1.90. The molecule has 154 valence electrons. The first-order chi connectivity index (χ1) is 13.8. The molecule has 8 heteroatoms. The molecule has 8 nitrogen and oxygen atoms in total. The van der Waals surface area contributed by atoms with Gasteiger partial charge in [0.05, 0.1) is 41.7 Å². The van der Waals surface area contributed by atoms with Gasteiger partial charge in [-0.2, -0.15) is 5.10 Å². The Morgan fingerprint density at radius 3 is 2.86 bits per heavy atom. The topological polar surface area (TPSA) is 95.1 Å². The average molecular weight is 397 g/mol. The number of amides is 1. The zero-order chi connectivity index (χ0) is 20.6. The standard InChI is InChI=1S/C21H27N5O3/c1-21(2,3)10-17-18-15(9-16(13-5-6-13)24-20(18)29-25-17)19(27)23-14-11-22-26(12-14)7-8-28-4/h9,11-13H,5-8,10H2,1-4H3,(H,23,27). The highest BCUT2D eigenvalue weighted by atomic mass is 16.5. The number of hydrogen-bond acceptors (Lipinski definition) is 6. The number of anilines is 1. The van der Waals surface area contributed by atoms with Crippen molar-refractivity contribution in [3.05, 3.63) is 35.4 Å². The highest BCUT2D eigenvalue weighted by molar-refractivity contribution is 6.12. The van der Waals surface area contributed by atoms with Crippen LogP contribution in [0.25, 0.3) is 11.1 Å². The number of methoxy groups -OCH3 is 1. The van der Waals surface area contributed by atoms with Crippen LogP contribution in [0.2, 0.25) is 0 Å². The number of carbonyl (C=O) groups is 1. The van der Waals surface area contributed by atoms with Gasteiger partial charge in [0, 0.05) is 24.9 Å². The fourth-order valence-corrected chi connectivity index (χ4v) is 3.35. The Labute approximate surface area is 169 Å². The van der Waals surface area contributed by atoms with E-state index in [1.165, 1.54) is 0 Å². The normalized spacial score (nSPS) is 14.5. The maximum absolute atomic E-state index is 13.2. The van der Waals surface area contributed by atoms with Crippen molar-refractivity contribution in [3.63, 3.8) is 0 Å². The van der Waals surface area contributed by atoms with E-state index in [9.17, 15) is 4.79 Å². The van der Waals surface area contributed by atoms with Crippen molar-refractivity contribution in [1.29, 1.82) is 0 Å². The molecule has 1 aliphatic rings. The summed E-state index contributed by atoms with van der Waals surface area (Å²) in [5.74, 6) is 0.197. The lowest BCUT2D eigenvalue weighted by atomic mass is 9.89. The molecule has 1 N–H and O–H groups in total. The van der Waals surface area contributed by atoms with E-state index in [0.29, 0.717) is 47.8 Å². The number of hydrogen-bond donors (Lipinski definition) is 1. The molecular weight excluding hydrogens is 370 g/mol. The second-order valence-corrected chi connectivity index (χ2v) is 8.85. The summed E-state index contributed by atoms with van der Waals surface area (Å²) in [5.41, 5.74) is 3.31. The van der Waals surface area contributed by atoms with Crippen LogP contribution < -0.4 is 5.32 Å². The summed E-state index contributed by atoms with van der Waals surface area (Å²) >= 11 is 0. The number of pyridine rings is 1. The molecule has 0 aromatic carbocycles. The van der Waals surface area contributed by atoms with Gasteiger partial charge in [-0.05, 0) is 30.7 Å². The van der Waals surface area contributed by atoms with Crippen molar-refractivity contribution < 1.29 is 14.1 Å². The Bertz CT molecular complexity index is 1030. The summed E-state index contributed by atoms with van der Waals surface area (Å²) in [4.78, 5) is 17.8. The summed E-state index contributed by atoms with van der Waals surface area (Å²) in [7, 11) is 1.65. The fraction of sp³-hybridized carbons (Fsp3) is 0.524. The first kappa shape index (κ1) is 19.6. The molecule has 3 aromatic heterocycles. The maximum atomic E-state index is 13.2. The first-order valence-corrected chi connectivity index (χ1v) is 9.96. The zero-order valence-corrected chi connectivity index (χ0v) is 17.4. The van der Waals surface area contributed by atoms with Crippen molar-refractivity contribution in [3.8, 4) is 0 Å². The molecule has 1 fully saturated rings. The third-order valence-corrected chi connectivity index (χ3v) is 4.89. The molecule has 4 rings (SSSR count). The minimum absolute atomic E-state index is 0.00913. The molecule has 3 aromatic rings. The Kier molecular flexibility index (Phi) is 5.12. The van der Waals surface area contributed by atoms with Gasteiger partial charge in [0.25, 0.3) is 11.6 Å². The summed E-state index contributed by atoms with van der Waals surface area (Å²) < 4.78 is 12.3. The van der Waals surface area contributed by atoms with Gasteiger partial charge in [-0.1, -0.05) is 25.9 Å². The molecule has 1 amide bonds. The van der Waals surface area contributed by atoms with Crippen LogP contribution in [0.15, 0.2) is 23.0 Å². The molecule has 0 atom stereocenters. The molecule has 0 radical (unpaired) electrons. The molecule has 0 unspecified atom stereocenters. The van der Waals surface area contributed by atoms with Gasteiger partial charge in [-0.25, -0.2) is 4.98 Å². The van der Waals surface area contributed by atoms with Gasteiger partial charge in [-0.3, -0.25) is 9.48 Å². The third-order valence-electron chi connectivity index (χ3n) is 4.89. The number of nitrogens with zero attached hydrogens (tertiary/aromatic N) is 4. The van der Waals surface area contributed by atoms with Crippen LogP contribution in [0.5, 0.6) is 0 Å². The summed E-state index contributed by atoms with van der Waals surface area (Å²) in [6.07, 6.45) is 6.31. The number of nitrogens with one attached hydrogen (secondary N) is 1. The van der Waals surface area contributed by atoms with Gasteiger partial charge in [0.15, 0.2) is 0 Å². The van der Waals surface area contributed by atoms with Crippen LogP contribution in [0.4, 0.5) is 5.69 Å². The lowest BCUT2D eigenvalue weighted by Gasteiger charge is -2.16. The smallest absolute Gasteiger partial charge is 0.259 e. The third kappa shape index (κ3) is 4.48. The van der Waals surface area contributed by atoms with Gasteiger partial charge >= 0.3 is 0 Å². The first-order valence-electron chi connectivity index (χ1n) is 9.96. The van der Waals surface area contributed by atoms with Gasteiger partial charge in [-0.15, -0.1) is 0 Å². The van der Waals surface area contributed by atoms with E-state index < -0.39 is 0 Å². The fourth-order valence-electron chi connectivity index (χ4n) is 3.35. The molecule has 1 aliphatic carbocycles. The van der Waals surface area contributed by atoms with E-state index >= 15 is 0 Å². The quantitative estimate of drug-likeness (QED) is 0.652. The molecule has 3 heterocycles. The molecule has 0 bridgehead atoms. The number of rotatable bonds is 7. The van der Waals surface area contributed by atoms with Crippen LogP contribution in [-0.4, -0.2) is 39.5 Å². The number of carbonyl (C=O) groups excluding carboxylic acids is 1. The Morgan fingerprint density at radius 1 is 1.38 bits per heavy atom. The Morgan fingerprint density at radius 2 is 2.17 bits per heavy atom. The summed E-state index contributed by atoms with van der Waals surface area (Å²) in [5, 5.41) is 12.2. The summed E-state index contributed by atoms with van der Waals surface area (Å²) in [6.45, 7) is 7.58. The predicted octanol–water partition coefficient (Wildman–Crippen LogP) is 3.78. The average Bonchev–Trinajstić information content (AvgIpc) is 3.31. The van der Waals surface area contributed by atoms with Crippen LogP contribution >= 0.6 is 0 Å². The van der Waals surface area contributed by atoms with E-state index in [1.54, 1.807) is 24.2 Å². The molecule has 0 aliphatic heterocycles. The van der Waals surface area contributed by atoms with E-state index in [2.05, 4.69) is 41.3 Å². The maximum Gasteiger partial charge on any atom is 0.259 e. The van der Waals surface area contributed by atoms with Crippen molar-refractivity contribution in [2.75, 3.05) is 19.0 Å². The Hall–Kier alpha value is -2.74. The molecular formula is C21H27N5O3. The SMILES string of the molecule is COCCn1cc(NC(=O)c2cc(C3CC3)nc3onc(CC(C)(C)C)c23)cn1. The lowest BCUT2D eigenvalue weighted by molar-refractivity contribution is 0.102. The molecule has 0 spiro atoms. The van der Waals surface area contributed by atoms with E-state index in [1.807, 2.05) is 6.07 Å². The zero-order valence-electron chi connectivity index (χ0n) is 17.4. The second-order valence-electron chi connectivity index (χ2n) is 8.85. The minimum atomic E-state index is -0.205. The molecule has 1 saturated carbocycles. The van der Waals surface area contributed by atoms with Crippen molar-refractivity contribution >= 4 is 22.7 Å². The number of ether oxygens (including phenoxy) is 1. The number of fused-ring (bicyclic) bond motifs is 1. The van der Waals surface area contributed by atoms with Crippen molar-refractivity contribution in [2.24, 2.45) is 5.41 Å². The predicted molar refractivity (Wildman–Crippen MR) is 109 cm³/mol. The molecule has 0 saturated heterocycles. The van der Waals surface area contributed by atoms with Gasteiger partial charge in [0.1, 0.15) is 0 Å². The van der Waals surface area contributed by atoms with Crippen LogP contribution in [-0.2, 0) is 17.7 Å². The minimum Gasteiger partial charge on any atom is -0.383 e. The monoisotopic (exact) mass is 397 g/mol. The highest BCUT2D eigenvalue weighted by Crippen LogP contribution is 2.41. The highest BCUT2D eigenvalue weighted by Gasteiger charge is 2.30. The Balaban J connectivity index is 1.67. The number of aromatic nitrogens is 4. The van der Waals surface area contributed by atoms with E-state index in [-0.39, 0.29) is 11.3 Å².